The molecular formula is C24H20N4O4. The quantitative estimate of drug-likeness (QED) is 0.412. The van der Waals surface area contributed by atoms with Gasteiger partial charge in [0.1, 0.15) is 5.70 Å². The number of hydrogen-bond acceptors (Lipinski definition) is 6. The summed E-state index contributed by atoms with van der Waals surface area (Å²) in [6.07, 6.45) is 1.93. The number of benzene rings is 3. The molecule has 0 aliphatic heterocycles. The van der Waals surface area contributed by atoms with Crippen molar-refractivity contribution >= 4 is 34.4 Å². The van der Waals surface area contributed by atoms with Crippen molar-refractivity contribution in [3.63, 3.8) is 0 Å². The van der Waals surface area contributed by atoms with Crippen LogP contribution in [-0.4, -0.2) is 33.2 Å². The highest BCUT2D eigenvalue weighted by atomic mass is 16.5. The van der Waals surface area contributed by atoms with Crippen molar-refractivity contribution in [2.24, 2.45) is 5.73 Å². The number of fused-ring (bicyclic) bond motifs is 1. The van der Waals surface area contributed by atoms with Crippen LogP contribution in [0.15, 0.2) is 77.3 Å². The van der Waals surface area contributed by atoms with Crippen molar-refractivity contribution in [3.8, 4) is 0 Å². The Bertz CT molecular complexity index is 1300. The van der Waals surface area contributed by atoms with Gasteiger partial charge in [0.2, 0.25) is 5.91 Å². The van der Waals surface area contributed by atoms with E-state index in [1.54, 1.807) is 6.08 Å². The first kappa shape index (κ1) is 21.0. The number of aromatic carboxylic acids is 1. The molecular weight excluding hydrogens is 408 g/mol. The summed E-state index contributed by atoms with van der Waals surface area (Å²) in [6, 6.07) is 22.1. The van der Waals surface area contributed by atoms with E-state index >= 15 is 0 Å². The first-order valence-corrected chi connectivity index (χ1v) is 9.88. The van der Waals surface area contributed by atoms with Crippen LogP contribution in [0.5, 0.6) is 0 Å². The molecule has 160 valence electrons. The molecule has 0 spiro atoms. The van der Waals surface area contributed by atoms with Crippen molar-refractivity contribution in [2.75, 3.05) is 0 Å². The van der Waals surface area contributed by atoms with Gasteiger partial charge in [-0.05, 0) is 39.6 Å². The van der Waals surface area contributed by atoms with Gasteiger partial charge in [-0.1, -0.05) is 72.8 Å². The molecule has 0 fully saturated rings. The summed E-state index contributed by atoms with van der Waals surface area (Å²) >= 11 is 0. The minimum absolute atomic E-state index is 0.127. The van der Waals surface area contributed by atoms with Gasteiger partial charge in [0, 0.05) is 0 Å². The van der Waals surface area contributed by atoms with Gasteiger partial charge in [-0.25, -0.2) is 4.79 Å². The van der Waals surface area contributed by atoms with Gasteiger partial charge in [-0.15, -0.1) is 0 Å². The number of carboxylic acid groups (broad SMARTS) is 1. The Labute approximate surface area is 183 Å². The van der Waals surface area contributed by atoms with Crippen molar-refractivity contribution in [2.45, 2.75) is 12.5 Å². The highest BCUT2D eigenvalue weighted by Crippen LogP contribution is 2.18. The molecule has 0 aliphatic carbocycles. The van der Waals surface area contributed by atoms with Gasteiger partial charge in [-0.3, -0.25) is 4.79 Å². The van der Waals surface area contributed by atoms with E-state index in [0.29, 0.717) is 6.42 Å². The van der Waals surface area contributed by atoms with Gasteiger partial charge in [-0.2, -0.15) is 4.98 Å². The maximum atomic E-state index is 12.8. The normalized spacial score (nSPS) is 12.5. The maximum Gasteiger partial charge on any atom is 0.377 e. The first-order valence-electron chi connectivity index (χ1n) is 9.88. The Balaban J connectivity index is 1.55. The first-order chi connectivity index (χ1) is 15.5. The Morgan fingerprint density at radius 1 is 1.03 bits per heavy atom. The summed E-state index contributed by atoms with van der Waals surface area (Å²) in [6.45, 7) is 0. The Hall–Kier alpha value is -4.30. The zero-order valence-corrected chi connectivity index (χ0v) is 16.9. The molecule has 0 aliphatic rings. The molecule has 32 heavy (non-hydrogen) atoms. The average Bonchev–Trinajstić information content (AvgIpc) is 3.30. The van der Waals surface area contributed by atoms with E-state index in [9.17, 15) is 9.59 Å². The molecule has 8 nitrogen and oxygen atoms in total. The standard InChI is InChI=1S/C24H20N4O4/c25-19(13-16-10-11-17-8-4-5-9-18(17)12-16)22(29)26-20(14-15-6-2-1-3-7-15)23-27-21(24(30)31)28-32-23/h1-12,14,19H,13,25H2,(H,26,29)(H,30,31)/t19-/m1/s1. The summed E-state index contributed by atoms with van der Waals surface area (Å²) in [5.74, 6) is -2.43. The third kappa shape index (κ3) is 4.88. The molecule has 8 heteroatoms. The number of aromatic nitrogens is 2. The molecule has 1 atom stereocenters. The predicted octanol–water partition coefficient (Wildman–Crippen LogP) is 3.11. The van der Waals surface area contributed by atoms with Gasteiger partial charge in [0.15, 0.2) is 0 Å². The second-order valence-corrected chi connectivity index (χ2v) is 7.18. The van der Waals surface area contributed by atoms with Crippen LogP contribution in [0, 0.1) is 0 Å². The van der Waals surface area contributed by atoms with E-state index < -0.39 is 23.7 Å². The largest absolute Gasteiger partial charge is 0.475 e. The maximum absolute atomic E-state index is 12.8. The van der Waals surface area contributed by atoms with E-state index in [-0.39, 0.29) is 11.6 Å². The van der Waals surface area contributed by atoms with E-state index in [1.807, 2.05) is 72.8 Å². The van der Waals surface area contributed by atoms with E-state index in [1.165, 1.54) is 0 Å². The van der Waals surface area contributed by atoms with E-state index in [4.69, 9.17) is 15.4 Å². The van der Waals surface area contributed by atoms with Crippen molar-refractivity contribution in [1.29, 1.82) is 0 Å². The molecule has 0 radical (unpaired) electrons. The fourth-order valence-electron chi connectivity index (χ4n) is 3.22. The third-order valence-corrected chi connectivity index (χ3v) is 4.82. The molecule has 1 heterocycles. The zero-order valence-electron chi connectivity index (χ0n) is 16.9. The number of carbonyl (C=O) groups is 2. The van der Waals surface area contributed by atoms with Crippen LogP contribution < -0.4 is 11.1 Å². The second kappa shape index (κ2) is 9.23. The van der Waals surface area contributed by atoms with Crippen LogP contribution in [-0.2, 0) is 11.2 Å². The monoisotopic (exact) mass is 428 g/mol. The smallest absolute Gasteiger partial charge is 0.377 e. The topological polar surface area (TPSA) is 131 Å². The summed E-state index contributed by atoms with van der Waals surface area (Å²) < 4.78 is 5.04. The second-order valence-electron chi connectivity index (χ2n) is 7.18. The Kier molecular flexibility index (Phi) is 6.05. The van der Waals surface area contributed by atoms with Crippen molar-refractivity contribution < 1.29 is 19.2 Å². The Morgan fingerprint density at radius 2 is 1.75 bits per heavy atom. The number of hydrogen-bond donors (Lipinski definition) is 3. The number of nitrogens with zero attached hydrogens (tertiary/aromatic N) is 2. The molecule has 0 bridgehead atoms. The fourth-order valence-corrected chi connectivity index (χ4v) is 3.22. The molecule has 3 aromatic carbocycles. The van der Waals surface area contributed by atoms with Crippen LogP contribution in [0.1, 0.15) is 27.6 Å². The third-order valence-electron chi connectivity index (χ3n) is 4.82. The molecule has 4 N–H and O–H groups in total. The molecule has 0 unspecified atom stereocenters. The molecule has 4 rings (SSSR count). The number of rotatable bonds is 7. The fraction of sp³-hybridized carbons (Fsp3) is 0.0833. The van der Waals surface area contributed by atoms with Crippen LogP contribution in [0.2, 0.25) is 0 Å². The van der Waals surface area contributed by atoms with Crippen LogP contribution in [0.4, 0.5) is 0 Å². The summed E-state index contributed by atoms with van der Waals surface area (Å²) in [4.78, 5) is 27.8. The summed E-state index contributed by atoms with van der Waals surface area (Å²) in [5, 5.41) is 17.4. The molecule has 0 saturated carbocycles. The van der Waals surface area contributed by atoms with Gasteiger partial charge in [0.25, 0.3) is 11.7 Å². The van der Waals surface area contributed by atoms with Crippen LogP contribution >= 0.6 is 0 Å². The summed E-state index contributed by atoms with van der Waals surface area (Å²) in [5.41, 5.74) is 8.00. The van der Waals surface area contributed by atoms with Gasteiger partial charge in [0.05, 0.1) is 6.04 Å². The lowest BCUT2D eigenvalue weighted by atomic mass is 10.0. The number of nitrogens with two attached hydrogens (primary N) is 1. The average molecular weight is 428 g/mol. The highest BCUT2D eigenvalue weighted by Gasteiger charge is 2.21. The lowest BCUT2D eigenvalue weighted by Gasteiger charge is -2.13. The van der Waals surface area contributed by atoms with E-state index in [2.05, 4.69) is 15.5 Å². The Morgan fingerprint density at radius 3 is 2.47 bits per heavy atom. The van der Waals surface area contributed by atoms with E-state index in [0.717, 1.165) is 21.9 Å². The van der Waals surface area contributed by atoms with Gasteiger partial charge >= 0.3 is 5.97 Å². The minimum Gasteiger partial charge on any atom is -0.475 e. The lowest BCUT2D eigenvalue weighted by Crippen LogP contribution is -2.41. The molecule has 4 aromatic rings. The lowest BCUT2D eigenvalue weighted by molar-refractivity contribution is -0.121. The van der Waals surface area contributed by atoms with Crippen LogP contribution in [0.25, 0.3) is 22.5 Å². The minimum atomic E-state index is -1.33. The molecule has 1 aromatic heterocycles. The van der Waals surface area contributed by atoms with Crippen LogP contribution in [0.3, 0.4) is 0 Å². The predicted molar refractivity (Wildman–Crippen MR) is 119 cm³/mol. The van der Waals surface area contributed by atoms with Crippen molar-refractivity contribution in [1.82, 2.24) is 15.5 Å². The van der Waals surface area contributed by atoms with Gasteiger partial charge < -0.3 is 20.7 Å². The zero-order chi connectivity index (χ0) is 22.5. The SMILES string of the molecule is N[C@H](Cc1ccc2ccccc2c1)C(=O)NC(=Cc1ccccc1)c1nc(C(=O)O)no1. The number of carbonyl (C=O) groups excluding carboxylic acids is 1. The summed E-state index contributed by atoms with van der Waals surface area (Å²) in [7, 11) is 0. The molecule has 0 saturated heterocycles. The van der Waals surface area contributed by atoms with Crippen molar-refractivity contribution in [3.05, 3.63) is 95.6 Å². The molecule has 1 amide bonds. The number of amides is 1. The number of carboxylic acids is 1. The number of nitrogens with one attached hydrogen (secondary N) is 1. The highest BCUT2D eigenvalue weighted by molar-refractivity contribution is 5.94.